The van der Waals surface area contributed by atoms with Crippen LogP contribution in [0.1, 0.15) is 133 Å². The Morgan fingerprint density at radius 1 is 0.444 bits per heavy atom. The Morgan fingerprint density at radius 3 is 1.11 bits per heavy atom. The van der Waals surface area contributed by atoms with Crippen molar-refractivity contribution in [3.8, 4) is 0 Å². The molecule has 36 heavy (non-hydrogen) atoms. The molecule has 1 unspecified atom stereocenters. The molecule has 0 aromatic heterocycles. The highest BCUT2D eigenvalue weighted by Crippen LogP contribution is 2.16. The molecular weight excluding hydrogens is 436 g/mol. The maximum atomic E-state index is 10.3. The monoisotopic (exact) mass is 494 g/mol. The summed E-state index contributed by atoms with van der Waals surface area (Å²) in [6.45, 7) is 19.7. The average Bonchev–Trinajstić information content (AvgIpc) is 2.77. The highest BCUT2D eigenvalue weighted by atomic mass is 16.3. The van der Waals surface area contributed by atoms with E-state index in [0.717, 1.165) is 51.4 Å². The third-order valence-corrected chi connectivity index (χ3v) is 6.46. The van der Waals surface area contributed by atoms with E-state index in [4.69, 9.17) is 0 Å². The average molecular weight is 495 g/mol. The number of aliphatic hydroxyl groups is 1. The summed E-state index contributed by atoms with van der Waals surface area (Å²) in [6, 6.07) is 0. The van der Waals surface area contributed by atoms with Gasteiger partial charge in [0.25, 0.3) is 0 Å². The van der Waals surface area contributed by atoms with E-state index in [1.54, 1.807) is 0 Å². The lowest BCUT2D eigenvalue weighted by Crippen LogP contribution is -2.01. The van der Waals surface area contributed by atoms with Gasteiger partial charge in [-0.1, -0.05) is 81.5 Å². The predicted octanol–water partition coefficient (Wildman–Crippen LogP) is 11.3. The van der Waals surface area contributed by atoms with E-state index in [9.17, 15) is 5.11 Å². The van der Waals surface area contributed by atoms with E-state index >= 15 is 0 Å². The number of hydrogen-bond donors (Lipinski definition) is 1. The minimum Gasteiger partial charge on any atom is -0.389 e. The summed E-state index contributed by atoms with van der Waals surface area (Å²) in [4.78, 5) is 0. The third kappa shape index (κ3) is 22.6. The Labute approximate surface area is 225 Å². The molecule has 0 aromatic carbocycles. The van der Waals surface area contributed by atoms with Gasteiger partial charge >= 0.3 is 0 Å². The SMILES string of the molecule is CC(C)=CCC/C(C)=C/CC/C(C)=C/CC/C(C)=C/CC/C(C)=C/C(O)C/C=C(\C)CCC=C(C)C. The van der Waals surface area contributed by atoms with E-state index in [1.165, 1.54) is 51.9 Å². The summed E-state index contributed by atoms with van der Waals surface area (Å²) in [7, 11) is 0. The van der Waals surface area contributed by atoms with Gasteiger partial charge in [0.15, 0.2) is 0 Å². The second kappa shape index (κ2) is 21.2. The largest absolute Gasteiger partial charge is 0.389 e. The Bertz CT molecular complexity index is 815. The zero-order valence-corrected chi connectivity index (χ0v) is 25.3. The van der Waals surface area contributed by atoms with Gasteiger partial charge in [0, 0.05) is 0 Å². The summed E-state index contributed by atoms with van der Waals surface area (Å²) >= 11 is 0. The van der Waals surface area contributed by atoms with Gasteiger partial charge in [-0.25, -0.2) is 0 Å². The van der Waals surface area contributed by atoms with Crippen LogP contribution in [0.25, 0.3) is 0 Å². The van der Waals surface area contributed by atoms with Gasteiger partial charge < -0.3 is 5.11 Å². The lowest BCUT2D eigenvalue weighted by Gasteiger charge is -2.07. The van der Waals surface area contributed by atoms with Crippen LogP contribution in [0.3, 0.4) is 0 Å². The number of hydrogen-bond acceptors (Lipinski definition) is 1. The van der Waals surface area contributed by atoms with Crippen molar-refractivity contribution in [2.45, 2.75) is 139 Å². The second-order valence-electron chi connectivity index (χ2n) is 11.3. The van der Waals surface area contributed by atoms with Crippen LogP contribution in [0, 0.1) is 0 Å². The van der Waals surface area contributed by atoms with Gasteiger partial charge in [0.2, 0.25) is 0 Å². The fourth-order valence-corrected chi connectivity index (χ4v) is 4.03. The molecule has 1 atom stereocenters. The van der Waals surface area contributed by atoms with E-state index in [-0.39, 0.29) is 6.10 Å². The molecule has 0 aliphatic carbocycles. The van der Waals surface area contributed by atoms with Gasteiger partial charge in [0.1, 0.15) is 0 Å². The van der Waals surface area contributed by atoms with Gasteiger partial charge in [-0.2, -0.15) is 0 Å². The molecule has 0 spiro atoms. The van der Waals surface area contributed by atoms with E-state index in [0.29, 0.717) is 6.42 Å². The van der Waals surface area contributed by atoms with E-state index < -0.39 is 0 Å². The van der Waals surface area contributed by atoms with Gasteiger partial charge in [-0.3, -0.25) is 0 Å². The van der Waals surface area contributed by atoms with E-state index in [1.807, 2.05) is 6.08 Å². The Balaban J connectivity index is 4.25. The van der Waals surface area contributed by atoms with Crippen molar-refractivity contribution >= 4 is 0 Å². The molecule has 0 fully saturated rings. The fourth-order valence-electron chi connectivity index (χ4n) is 4.03. The summed E-state index contributed by atoms with van der Waals surface area (Å²) < 4.78 is 0. The highest BCUT2D eigenvalue weighted by Gasteiger charge is 2.00. The first-order chi connectivity index (χ1) is 17.0. The molecule has 1 nitrogen and oxygen atoms in total. The minimum atomic E-state index is -0.377. The van der Waals surface area contributed by atoms with Crippen LogP contribution in [0.4, 0.5) is 0 Å². The van der Waals surface area contributed by atoms with E-state index in [2.05, 4.69) is 98.8 Å². The second-order valence-corrected chi connectivity index (χ2v) is 11.3. The zero-order valence-electron chi connectivity index (χ0n) is 25.3. The van der Waals surface area contributed by atoms with Crippen LogP contribution in [0.5, 0.6) is 0 Å². The van der Waals surface area contributed by atoms with Crippen molar-refractivity contribution in [2.24, 2.45) is 0 Å². The van der Waals surface area contributed by atoms with Crippen LogP contribution in [0.2, 0.25) is 0 Å². The van der Waals surface area contributed by atoms with Gasteiger partial charge in [-0.15, -0.1) is 0 Å². The van der Waals surface area contributed by atoms with Crippen LogP contribution in [-0.4, -0.2) is 11.2 Å². The Morgan fingerprint density at radius 2 is 0.750 bits per heavy atom. The summed E-state index contributed by atoms with van der Waals surface area (Å²) in [6.07, 6.45) is 27.5. The molecule has 0 rings (SSSR count). The molecule has 0 saturated heterocycles. The van der Waals surface area contributed by atoms with Crippen molar-refractivity contribution in [3.05, 3.63) is 81.5 Å². The Hall–Kier alpha value is -1.86. The van der Waals surface area contributed by atoms with Crippen molar-refractivity contribution in [1.29, 1.82) is 0 Å². The predicted molar refractivity (Wildman–Crippen MR) is 164 cm³/mol. The molecule has 0 aliphatic rings. The maximum Gasteiger partial charge on any atom is 0.0757 e. The van der Waals surface area contributed by atoms with Crippen molar-refractivity contribution in [1.82, 2.24) is 0 Å². The van der Waals surface area contributed by atoms with Crippen LogP contribution >= 0.6 is 0 Å². The molecule has 0 radical (unpaired) electrons. The zero-order chi connectivity index (χ0) is 27.3. The minimum absolute atomic E-state index is 0.377. The van der Waals surface area contributed by atoms with Crippen LogP contribution in [-0.2, 0) is 0 Å². The normalized spacial score (nSPS) is 14.7. The highest BCUT2D eigenvalue weighted by molar-refractivity contribution is 5.10. The molecule has 0 bridgehead atoms. The first-order valence-electron chi connectivity index (χ1n) is 14.2. The molecule has 0 saturated carbocycles. The lowest BCUT2D eigenvalue weighted by atomic mass is 10.0. The van der Waals surface area contributed by atoms with Gasteiger partial charge in [-0.05, 0) is 133 Å². The molecule has 0 aliphatic heterocycles. The van der Waals surface area contributed by atoms with Gasteiger partial charge in [0.05, 0.1) is 6.10 Å². The summed E-state index contributed by atoms with van der Waals surface area (Å²) in [5, 5.41) is 10.3. The first-order valence-corrected chi connectivity index (χ1v) is 14.2. The summed E-state index contributed by atoms with van der Waals surface area (Å²) in [5.41, 5.74) is 9.91. The first kappa shape index (κ1) is 34.1. The van der Waals surface area contributed by atoms with Crippen molar-refractivity contribution < 1.29 is 5.11 Å². The Kier molecular flexibility index (Phi) is 20.1. The summed E-state index contributed by atoms with van der Waals surface area (Å²) in [5.74, 6) is 0. The van der Waals surface area contributed by atoms with Crippen molar-refractivity contribution in [3.63, 3.8) is 0 Å². The van der Waals surface area contributed by atoms with Crippen LogP contribution in [0.15, 0.2) is 81.5 Å². The molecule has 0 aromatic rings. The smallest absolute Gasteiger partial charge is 0.0757 e. The lowest BCUT2D eigenvalue weighted by molar-refractivity contribution is 0.225. The third-order valence-electron chi connectivity index (χ3n) is 6.46. The van der Waals surface area contributed by atoms with Crippen molar-refractivity contribution in [2.75, 3.05) is 0 Å². The number of allylic oxidation sites excluding steroid dienone is 12. The standard InChI is InChI=1S/C35H58O/c1-28(2)15-10-17-30(5)19-12-20-31(6)21-13-22-32(7)23-14-24-34(9)27-35(36)26-25-33(8)18-11-16-29(3)4/h15-16,19,21,23,25,27,35-36H,10-14,17-18,20,22,24,26H2,1-9H3/b30-19+,31-21+,32-23+,33-25+,34-27+. The molecule has 204 valence electrons. The molecular formula is C35H58O. The quantitative estimate of drug-likeness (QED) is 0.188. The number of rotatable bonds is 18. The maximum absolute atomic E-state index is 10.3. The fraction of sp³-hybridized carbons (Fsp3) is 0.600. The molecule has 1 N–H and O–H groups in total. The van der Waals surface area contributed by atoms with Crippen LogP contribution < -0.4 is 0 Å². The molecule has 1 heteroatoms. The topological polar surface area (TPSA) is 20.2 Å². The molecule has 0 amide bonds. The number of aliphatic hydroxyl groups excluding tert-OH is 1. The molecule has 0 heterocycles.